The summed E-state index contributed by atoms with van der Waals surface area (Å²) in [6, 6.07) is 0. The van der Waals surface area contributed by atoms with Gasteiger partial charge in [0.05, 0.1) is 17.1 Å². The molecule has 2 aliphatic heterocycles. The topological polar surface area (TPSA) is 46.5 Å². The quantitative estimate of drug-likeness (QED) is 0.674. The average molecular weight is 184 g/mol. The van der Waals surface area contributed by atoms with E-state index in [1.165, 1.54) is 0 Å². The van der Waals surface area contributed by atoms with E-state index < -0.39 is 11.6 Å². The maximum Gasteiger partial charge on any atom is 0.309 e. The Labute approximate surface area is 78.1 Å². The Balaban J connectivity index is 2.37. The molecular weight excluding hydrogens is 168 g/mol. The predicted molar refractivity (Wildman–Crippen MR) is 47.4 cm³/mol. The van der Waals surface area contributed by atoms with Crippen LogP contribution in [0.1, 0.15) is 33.6 Å². The summed E-state index contributed by atoms with van der Waals surface area (Å²) in [5, 5.41) is 9.11. The third-order valence-electron chi connectivity index (χ3n) is 3.97. The van der Waals surface area contributed by atoms with Crippen LogP contribution in [0.3, 0.4) is 0 Å². The van der Waals surface area contributed by atoms with Crippen LogP contribution in [0, 0.1) is 11.8 Å². The van der Waals surface area contributed by atoms with E-state index in [4.69, 9.17) is 9.84 Å². The second-order valence-corrected chi connectivity index (χ2v) is 4.83. The number of carboxylic acid groups (broad SMARTS) is 1. The number of ether oxygens (including phenoxy) is 1. The molecule has 3 heteroatoms. The standard InChI is InChI=1S/C10H16O3/c1-6-7(8(11)12)10(3)5-4-9(6,2)13-10/h6-7H,4-5H2,1-3H3,(H,11,12). The number of hydrogen-bond donors (Lipinski definition) is 1. The van der Waals surface area contributed by atoms with Gasteiger partial charge in [-0.15, -0.1) is 0 Å². The lowest BCUT2D eigenvalue weighted by Gasteiger charge is -2.31. The van der Waals surface area contributed by atoms with E-state index in [0.717, 1.165) is 12.8 Å². The highest BCUT2D eigenvalue weighted by Crippen LogP contribution is 2.57. The van der Waals surface area contributed by atoms with Crippen molar-refractivity contribution in [1.29, 1.82) is 0 Å². The van der Waals surface area contributed by atoms with Gasteiger partial charge in [-0.1, -0.05) is 6.92 Å². The van der Waals surface area contributed by atoms with Crippen LogP contribution in [0.4, 0.5) is 0 Å². The molecule has 0 spiro atoms. The largest absolute Gasteiger partial charge is 0.481 e. The monoisotopic (exact) mass is 184 g/mol. The van der Waals surface area contributed by atoms with Crippen molar-refractivity contribution < 1.29 is 14.6 Å². The molecule has 0 amide bonds. The van der Waals surface area contributed by atoms with Crippen molar-refractivity contribution >= 4 is 5.97 Å². The number of carbonyl (C=O) groups is 1. The van der Waals surface area contributed by atoms with Gasteiger partial charge in [0.1, 0.15) is 0 Å². The van der Waals surface area contributed by atoms with E-state index in [9.17, 15) is 4.79 Å². The van der Waals surface area contributed by atoms with Crippen LogP contribution >= 0.6 is 0 Å². The number of aliphatic carboxylic acids is 1. The van der Waals surface area contributed by atoms with Gasteiger partial charge in [-0.25, -0.2) is 0 Å². The van der Waals surface area contributed by atoms with Crippen molar-refractivity contribution in [2.75, 3.05) is 0 Å². The molecule has 2 heterocycles. The summed E-state index contributed by atoms with van der Waals surface area (Å²) in [5.74, 6) is -0.909. The molecule has 4 atom stereocenters. The third-order valence-corrected chi connectivity index (χ3v) is 3.97. The summed E-state index contributed by atoms with van der Waals surface area (Å²) < 4.78 is 5.85. The highest BCUT2D eigenvalue weighted by molar-refractivity contribution is 5.73. The van der Waals surface area contributed by atoms with Crippen LogP contribution in [-0.2, 0) is 9.53 Å². The molecule has 0 aromatic rings. The molecule has 4 unspecified atom stereocenters. The number of carboxylic acids is 1. The molecule has 2 aliphatic rings. The summed E-state index contributed by atoms with van der Waals surface area (Å²) in [7, 11) is 0. The van der Waals surface area contributed by atoms with Gasteiger partial charge in [0.2, 0.25) is 0 Å². The molecule has 1 N–H and O–H groups in total. The lowest BCUT2D eigenvalue weighted by atomic mass is 9.68. The molecular formula is C10H16O3. The van der Waals surface area contributed by atoms with Crippen molar-refractivity contribution in [3.8, 4) is 0 Å². The average Bonchev–Trinajstić information content (AvgIpc) is 2.36. The first-order valence-electron chi connectivity index (χ1n) is 4.82. The fourth-order valence-electron chi connectivity index (χ4n) is 3.03. The molecule has 0 aliphatic carbocycles. The van der Waals surface area contributed by atoms with E-state index in [2.05, 4.69) is 0 Å². The normalized spacial score (nSPS) is 54.1. The number of hydrogen-bond acceptors (Lipinski definition) is 2. The van der Waals surface area contributed by atoms with Crippen LogP contribution in [0.5, 0.6) is 0 Å². The summed E-state index contributed by atoms with van der Waals surface area (Å²) >= 11 is 0. The van der Waals surface area contributed by atoms with Gasteiger partial charge in [-0.05, 0) is 26.7 Å². The molecule has 13 heavy (non-hydrogen) atoms. The highest BCUT2D eigenvalue weighted by Gasteiger charge is 2.63. The Bertz CT molecular complexity index is 263. The van der Waals surface area contributed by atoms with Gasteiger partial charge in [-0.3, -0.25) is 4.79 Å². The smallest absolute Gasteiger partial charge is 0.309 e. The van der Waals surface area contributed by atoms with Gasteiger partial charge < -0.3 is 9.84 Å². The van der Waals surface area contributed by atoms with E-state index in [0.29, 0.717) is 0 Å². The highest BCUT2D eigenvalue weighted by atomic mass is 16.5. The van der Waals surface area contributed by atoms with Crippen LogP contribution in [0.25, 0.3) is 0 Å². The maximum atomic E-state index is 11.1. The van der Waals surface area contributed by atoms with E-state index >= 15 is 0 Å². The lowest BCUT2D eigenvalue weighted by molar-refractivity contribution is -0.148. The molecule has 0 aromatic heterocycles. The second kappa shape index (κ2) is 2.27. The van der Waals surface area contributed by atoms with Crippen molar-refractivity contribution in [2.24, 2.45) is 11.8 Å². The summed E-state index contributed by atoms with van der Waals surface area (Å²) in [6.07, 6.45) is 1.87. The van der Waals surface area contributed by atoms with E-state index in [1.807, 2.05) is 20.8 Å². The summed E-state index contributed by atoms with van der Waals surface area (Å²) in [6.45, 7) is 5.95. The Morgan fingerprint density at radius 3 is 2.23 bits per heavy atom. The van der Waals surface area contributed by atoms with Crippen LogP contribution in [-0.4, -0.2) is 22.3 Å². The SMILES string of the molecule is CC1C(C(=O)O)C2(C)CCC1(C)O2. The van der Waals surface area contributed by atoms with Gasteiger partial charge in [0.15, 0.2) is 0 Å². The van der Waals surface area contributed by atoms with E-state index in [-0.39, 0.29) is 17.4 Å². The summed E-state index contributed by atoms with van der Waals surface area (Å²) in [4.78, 5) is 11.1. The van der Waals surface area contributed by atoms with Crippen molar-refractivity contribution in [1.82, 2.24) is 0 Å². The van der Waals surface area contributed by atoms with Crippen LogP contribution in [0.15, 0.2) is 0 Å². The fourth-order valence-corrected chi connectivity index (χ4v) is 3.03. The predicted octanol–water partition coefficient (Wildman–Crippen LogP) is 1.66. The molecule has 2 saturated heterocycles. The minimum atomic E-state index is -0.710. The molecule has 74 valence electrons. The van der Waals surface area contributed by atoms with Gasteiger partial charge >= 0.3 is 5.97 Å². The molecule has 2 fully saturated rings. The molecule has 0 aromatic carbocycles. The second-order valence-electron chi connectivity index (χ2n) is 4.83. The van der Waals surface area contributed by atoms with E-state index in [1.54, 1.807) is 0 Å². The minimum Gasteiger partial charge on any atom is -0.481 e. The zero-order valence-corrected chi connectivity index (χ0v) is 8.33. The van der Waals surface area contributed by atoms with Crippen molar-refractivity contribution in [3.05, 3.63) is 0 Å². The van der Waals surface area contributed by atoms with Crippen molar-refractivity contribution in [2.45, 2.75) is 44.8 Å². The van der Waals surface area contributed by atoms with Crippen LogP contribution in [0.2, 0.25) is 0 Å². The molecule has 0 saturated carbocycles. The lowest BCUT2D eigenvalue weighted by Crippen LogP contribution is -2.41. The minimum absolute atomic E-state index is 0.128. The maximum absolute atomic E-state index is 11.1. The van der Waals surface area contributed by atoms with Crippen LogP contribution < -0.4 is 0 Å². The Morgan fingerprint density at radius 1 is 1.38 bits per heavy atom. The fraction of sp³-hybridized carbons (Fsp3) is 0.900. The van der Waals surface area contributed by atoms with Gasteiger partial charge in [0.25, 0.3) is 0 Å². The molecule has 0 radical (unpaired) electrons. The Kier molecular flexibility index (Phi) is 1.57. The first-order chi connectivity index (χ1) is 5.89. The zero-order chi connectivity index (χ0) is 9.85. The third kappa shape index (κ3) is 0.966. The Morgan fingerprint density at radius 2 is 1.92 bits per heavy atom. The van der Waals surface area contributed by atoms with Gasteiger partial charge in [0, 0.05) is 5.92 Å². The number of rotatable bonds is 1. The molecule has 2 rings (SSSR count). The van der Waals surface area contributed by atoms with Gasteiger partial charge in [-0.2, -0.15) is 0 Å². The number of fused-ring (bicyclic) bond motifs is 2. The first-order valence-corrected chi connectivity index (χ1v) is 4.82. The molecule has 2 bridgehead atoms. The zero-order valence-electron chi connectivity index (χ0n) is 8.33. The Hall–Kier alpha value is -0.570. The summed E-state index contributed by atoms with van der Waals surface area (Å²) in [5.41, 5.74) is -0.613. The van der Waals surface area contributed by atoms with Crippen molar-refractivity contribution in [3.63, 3.8) is 0 Å². The molecule has 3 nitrogen and oxygen atoms in total. The first kappa shape index (κ1) is 9.00.